The fourth-order valence-electron chi connectivity index (χ4n) is 3.68. The van der Waals surface area contributed by atoms with Gasteiger partial charge >= 0.3 is 0 Å². The van der Waals surface area contributed by atoms with Crippen LogP contribution >= 0.6 is 0 Å². The topological polar surface area (TPSA) is 0 Å². The van der Waals surface area contributed by atoms with Gasteiger partial charge in [0.1, 0.15) is 0 Å². The molecule has 21 heavy (non-hydrogen) atoms. The molecule has 0 aromatic heterocycles. The average molecular weight is 278 g/mol. The number of hydrogen-bond acceptors (Lipinski definition) is 0. The summed E-state index contributed by atoms with van der Waals surface area (Å²) in [5.41, 5.74) is 7.57. The van der Waals surface area contributed by atoms with Gasteiger partial charge in [0.05, 0.1) is 0 Å². The minimum Gasteiger partial charge on any atom is -0.0800 e. The normalized spacial score (nSPS) is 22.0. The lowest BCUT2D eigenvalue weighted by Crippen LogP contribution is -2.08. The lowest BCUT2D eigenvalue weighted by molar-refractivity contribution is 0.632. The molecule has 0 heterocycles. The molecular formula is C21H26. The van der Waals surface area contributed by atoms with Gasteiger partial charge in [-0.1, -0.05) is 80.0 Å². The Morgan fingerprint density at radius 3 is 2.48 bits per heavy atom. The van der Waals surface area contributed by atoms with Gasteiger partial charge < -0.3 is 0 Å². The van der Waals surface area contributed by atoms with E-state index < -0.39 is 0 Å². The quantitative estimate of drug-likeness (QED) is 0.609. The van der Waals surface area contributed by atoms with E-state index in [1.807, 2.05) is 0 Å². The van der Waals surface area contributed by atoms with Gasteiger partial charge in [-0.3, -0.25) is 0 Å². The Morgan fingerprint density at radius 2 is 1.81 bits per heavy atom. The Kier molecular flexibility index (Phi) is 3.89. The molecule has 110 valence electrons. The van der Waals surface area contributed by atoms with Crippen LogP contribution in [-0.2, 0) is 6.42 Å². The van der Waals surface area contributed by atoms with Crippen LogP contribution in [0, 0.1) is 11.8 Å². The van der Waals surface area contributed by atoms with Crippen molar-refractivity contribution in [1.29, 1.82) is 0 Å². The van der Waals surface area contributed by atoms with Gasteiger partial charge in [-0.05, 0) is 42.7 Å². The Morgan fingerprint density at radius 1 is 1.10 bits per heavy atom. The first-order valence-electron chi connectivity index (χ1n) is 8.22. The zero-order valence-corrected chi connectivity index (χ0v) is 13.7. The SMILES string of the molecule is CC1=CC2C(=C1)CC=C2C(C)Cc1ccc(C(C)C)cc1. The molecule has 0 bridgehead atoms. The van der Waals surface area contributed by atoms with Gasteiger partial charge in [0.2, 0.25) is 0 Å². The lowest BCUT2D eigenvalue weighted by atomic mass is 9.86. The predicted molar refractivity (Wildman–Crippen MR) is 91.4 cm³/mol. The molecule has 1 aromatic rings. The van der Waals surface area contributed by atoms with Crippen molar-refractivity contribution in [3.8, 4) is 0 Å². The van der Waals surface area contributed by atoms with E-state index >= 15 is 0 Å². The molecule has 2 aliphatic rings. The highest BCUT2D eigenvalue weighted by molar-refractivity contribution is 5.47. The van der Waals surface area contributed by atoms with Crippen molar-refractivity contribution in [2.75, 3.05) is 0 Å². The van der Waals surface area contributed by atoms with Crippen LogP contribution in [-0.4, -0.2) is 0 Å². The summed E-state index contributed by atoms with van der Waals surface area (Å²) in [5.74, 6) is 1.86. The van der Waals surface area contributed by atoms with Crippen LogP contribution in [0.4, 0.5) is 0 Å². The summed E-state index contributed by atoms with van der Waals surface area (Å²) in [6, 6.07) is 9.21. The fraction of sp³-hybridized carbons (Fsp3) is 0.429. The van der Waals surface area contributed by atoms with E-state index in [1.165, 1.54) is 16.7 Å². The minimum atomic E-state index is 0.606. The maximum atomic E-state index is 2.46. The van der Waals surface area contributed by atoms with Crippen molar-refractivity contribution < 1.29 is 0 Å². The molecule has 0 radical (unpaired) electrons. The van der Waals surface area contributed by atoms with Crippen LogP contribution in [0.15, 0.2) is 59.2 Å². The molecule has 0 saturated heterocycles. The summed E-state index contributed by atoms with van der Waals surface area (Å²) in [6.07, 6.45) is 9.59. The van der Waals surface area contributed by atoms with Crippen molar-refractivity contribution in [2.24, 2.45) is 11.8 Å². The monoisotopic (exact) mass is 278 g/mol. The van der Waals surface area contributed by atoms with Crippen molar-refractivity contribution in [1.82, 2.24) is 0 Å². The van der Waals surface area contributed by atoms with E-state index in [-0.39, 0.29) is 0 Å². The maximum absolute atomic E-state index is 2.46. The number of allylic oxidation sites excluding steroid dienone is 6. The van der Waals surface area contributed by atoms with Gasteiger partial charge in [0.15, 0.2) is 0 Å². The molecule has 0 heteroatoms. The van der Waals surface area contributed by atoms with Crippen molar-refractivity contribution >= 4 is 0 Å². The second-order valence-electron chi connectivity index (χ2n) is 7.02. The molecule has 0 spiro atoms. The summed E-state index contributed by atoms with van der Waals surface area (Å²) >= 11 is 0. The highest BCUT2D eigenvalue weighted by Gasteiger charge is 2.28. The van der Waals surface area contributed by atoms with Crippen LogP contribution in [0.3, 0.4) is 0 Å². The second-order valence-corrected chi connectivity index (χ2v) is 7.02. The molecule has 2 unspecified atom stereocenters. The zero-order chi connectivity index (χ0) is 15.0. The average Bonchev–Trinajstić information content (AvgIpc) is 2.97. The molecular weight excluding hydrogens is 252 g/mol. The van der Waals surface area contributed by atoms with Gasteiger partial charge in [-0.25, -0.2) is 0 Å². The van der Waals surface area contributed by atoms with Crippen LogP contribution in [0.25, 0.3) is 0 Å². The Hall–Kier alpha value is -1.56. The second kappa shape index (κ2) is 5.67. The van der Waals surface area contributed by atoms with Gasteiger partial charge in [-0.2, -0.15) is 0 Å². The third-order valence-electron chi connectivity index (χ3n) is 4.93. The highest BCUT2D eigenvalue weighted by Crippen LogP contribution is 2.42. The number of fused-ring (bicyclic) bond motifs is 1. The van der Waals surface area contributed by atoms with Crippen molar-refractivity contribution in [2.45, 2.75) is 46.5 Å². The minimum absolute atomic E-state index is 0.606. The molecule has 0 fully saturated rings. The molecule has 1 aromatic carbocycles. The van der Waals surface area contributed by atoms with Crippen molar-refractivity contribution in [3.05, 3.63) is 70.3 Å². The van der Waals surface area contributed by atoms with Crippen LogP contribution in [0.2, 0.25) is 0 Å². The summed E-state index contributed by atoms with van der Waals surface area (Å²) < 4.78 is 0. The fourth-order valence-corrected chi connectivity index (χ4v) is 3.68. The predicted octanol–water partition coefficient (Wildman–Crippen LogP) is 5.82. The number of benzene rings is 1. The summed E-state index contributed by atoms with van der Waals surface area (Å²) in [4.78, 5) is 0. The Balaban J connectivity index is 1.70. The molecule has 3 rings (SSSR count). The smallest absolute Gasteiger partial charge is 0.0201 e. The summed E-state index contributed by atoms with van der Waals surface area (Å²) in [6.45, 7) is 9.11. The van der Waals surface area contributed by atoms with Gasteiger partial charge in [0.25, 0.3) is 0 Å². The van der Waals surface area contributed by atoms with E-state index in [0.29, 0.717) is 17.8 Å². The molecule has 0 N–H and O–H groups in total. The van der Waals surface area contributed by atoms with Gasteiger partial charge in [-0.15, -0.1) is 0 Å². The molecule has 2 atom stereocenters. The largest absolute Gasteiger partial charge is 0.0800 e. The molecule has 0 nitrogen and oxygen atoms in total. The number of rotatable bonds is 4. The lowest BCUT2D eigenvalue weighted by Gasteiger charge is -2.18. The van der Waals surface area contributed by atoms with Crippen LogP contribution < -0.4 is 0 Å². The van der Waals surface area contributed by atoms with E-state index in [9.17, 15) is 0 Å². The number of hydrogen-bond donors (Lipinski definition) is 0. The zero-order valence-electron chi connectivity index (χ0n) is 13.7. The molecule has 0 saturated carbocycles. The molecule has 2 aliphatic carbocycles. The molecule has 0 amide bonds. The maximum Gasteiger partial charge on any atom is 0.0201 e. The first kappa shape index (κ1) is 14.4. The third-order valence-corrected chi connectivity index (χ3v) is 4.93. The van der Waals surface area contributed by atoms with Crippen LogP contribution in [0.1, 0.15) is 51.2 Å². The highest BCUT2D eigenvalue weighted by atomic mass is 14.3. The Bertz CT molecular complexity index is 608. The van der Waals surface area contributed by atoms with Gasteiger partial charge in [0, 0.05) is 5.92 Å². The summed E-state index contributed by atoms with van der Waals surface area (Å²) in [7, 11) is 0. The molecule has 0 aliphatic heterocycles. The first-order chi connectivity index (χ1) is 10.0. The van der Waals surface area contributed by atoms with E-state index in [0.717, 1.165) is 12.8 Å². The van der Waals surface area contributed by atoms with E-state index in [4.69, 9.17) is 0 Å². The van der Waals surface area contributed by atoms with Crippen LogP contribution in [0.5, 0.6) is 0 Å². The third kappa shape index (κ3) is 2.90. The summed E-state index contributed by atoms with van der Waals surface area (Å²) in [5, 5.41) is 0. The van der Waals surface area contributed by atoms with E-state index in [2.05, 4.69) is 70.2 Å². The van der Waals surface area contributed by atoms with E-state index in [1.54, 1.807) is 11.1 Å². The Labute approximate surface area is 129 Å². The van der Waals surface area contributed by atoms with Crippen molar-refractivity contribution in [3.63, 3.8) is 0 Å². The standard InChI is InChI=1S/C21H26/c1-14(2)18-7-5-17(6-8-18)13-16(4)20-10-9-19-11-15(3)12-21(19)20/h5-8,10-12,14,16,21H,9,13H2,1-4H3. The first-order valence-corrected chi connectivity index (χ1v) is 8.22.